The maximum Gasteiger partial charge on any atom is 0.321 e. The molecule has 1 saturated heterocycles. The summed E-state index contributed by atoms with van der Waals surface area (Å²) < 4.78 is 0. The van der Waals surface area contributed by atoms with Crippen molar-refractivity contribution in [3.63, 3.8) is 0 Å². The molecule has 0 aromatic rings. The predicted octanol–water partition coefficient (Wildman–Crippen LogP) is 0.570. The molecule has 1 aliphatic heterocycles. The highest BCUT2D eigenvalue weighted by molar-refractivity contribution is 9.12. The largest absolute Gasteiger partial charge is 0.480 e. The summed E-state index contributed by atoms with van der Waals surface area (Å²) in [5.74, 6) is -0.802. The van der Waals surface area contributed by atoms with Gasteiger partial charge in [-0.15, -0.1) is 0 Å². The third kappa shape index (κ3) is 1.52. The molecular weight excluding hydrogens is 266 g/mol. The van der Waals surface area contributed by atoms with Gasteiger partial charge < -0.3 is 10.4 Å². The van der Waals surface area contributed by atoms with Crippen LogP contribution in [0, 0.1) is 0 Å². The summed E-state index contributed by atoms with van der Waals surface area (Å²) in [5, 5.41) is 11.5. The average molecular weight is 273 g/mol. The van der Waals surface area contributed by atoms with Crippen molar-refractivity contribution in [1.29, 1.82) is 0 Å². The first kappa shape index (κ1) is 8.49. The summed E-state index contributed by atoms with van der Waals surface area (Å²) in [6, 6.07) is -0.454. The molecule has 1 rings (SSSR count). The van der Waals surface area contributed by atoms with Gasteiger partial charge in [-0.2, -0.15) is 0 Å². The van der Waals surface area contributed by atoms with Crippen LogP contribution in [-0.4, -0.2) is 33.3 Å². The van der Waals surface area contributed by atoms with Gasteiger partial charge in [0.15, 0.2) is 0 Å². The predicted molar refractivity (Wildman–Crippen MR) is 44.9 cm³/mol. The molecule has 3 nitrogen and oxygen atoms in total. The number of hydrogen-bond acceptors (Lipinski definition) is 2. The fourth-order valence-corrected chi connectivity index (χ4v) is 1.99. The lowest BCUT2D eigenvalue weighted by molar-refractivity contribution is -0.138. The maximum absolute atomic E-state index is 10.4. The molecule has 1 fully saturated rings. The molecule has 0 spiro atoms. The number of hydrogen-bond donors (Lipinski definition) is 2. The average Bonchev–Trinajstić information content (AvgIpc) is 2.14. The molecular formula is C5H7Br2NO2. The molecule has 0 aromatic carbocycles. The lowest BCUT2D eigenvalue weighted by Gasteiger charge is -2.08. The molecule has 0 bridgehead atoms. The molecule has 0 radical (unpaired) electrons. The third-order valence-corrected chi connectivity index (χ3v) is 4.23. The zero-order valence-electron chi connectivity index (χ0n) is 5.05. The first-order chi connectivity index (χ1) is 4.63. The van der Waals surface area contributed by atoms with Gasteiger partial charge >= 0.3 is 5.97 Å². The van der Waals surface area contributed by atoms with Crippen LogP contribution in [0.5, 0.6) is 0 Å². The maximum atomic E-state index is 10.4. The van der Waals surface area contributed by atoms with Crippen LogP contribution >= 0.6 is 31.9 Å². The van der Waals surface area contributed by atoms with Gasteiger partial charge in [0.05, 0.1) is 4.83 Å². The molecule has 3 atom stereocenters. The van der Waals surface area contributed by atoms with Crippen molar-refractivity contribution in [2.45, 2.75) is 15.7 Å². The quantitative estimate of drug-likeness (QED) is 0.687. The molecule has 1 heterocycles. The Morgan fingerprint density at radius 2 is 2.20 bits per heavy atom. The van der Waals surface area contributed by atoms with E-state index in [2.05, 4.69) is 37.2 Å². The van der Waals surface area contributed by atoms with E-state index in [9.17, 15) is 4.79 Å². The number of aliphatic carboxylic acids is 1. The fourth-order valence-electron chi connectivity index (χ4n) is 0.897. The van der Waals surface area contributed by atoms with E-state index in [1.54, 1.807) is 0 Å². The van der Waals surface area contributed by atoms with Crippen LogP contribution in [0.3, 0.4) is 0 Å². The Hall–Kier alpha value is 0.390. The molecule has 58 valence electrons. The highest BCUT2D eigenvalue weighted by atomic mass is 79.9. The van der Waals surface area contributed by atoms with Gasteiger partial charge in [0, 0.05) is 11.4 Å². The van der Waals surface area contributed by atoms with Gasteiger partial charge in [-0.25, -0.2) is 0 Å². The van der Waals surface area contributed by atoms with Crippen LogP contribution in [0.4, 0.5) is 0 Å². The van der Waals surface area contributed by atoms with Crippen molar-refractivity contribution < 1.29 is 9.90 Å². The Bertz CT molecular complexity index is 153. The van der Waals surface area contributed by atoms with Crippen molar-refractivity contribution in [1.82, 2.24) is 5.32 Å². The molecule has 0 aromatic heterocycles. The van der Waals surface area contributed by atoms with E-state index in [4.69, 9.17) is 5.11 Å². The SMILES string of the molecule is O=C(O)C1NCC(Br)C1Br. The standard InChI is InChI=1S/C5H7Br2NO2/c6-2-1-8-4(3(2)7)5(9)10/h2-4,8H,1H2,(H,9,10). The zero-order valence-corrected chi connectivity index (χ0v) is 8.22. The lowest BCUT2D eigenvalue weighted by atomic mass is 10.2. The second kappa shape index (κ2) is 3.19. The minimum absolute atomic E-state index is 0.00926. The summed E-state index contributed by atoms with van der Waals surface area (Å²) >= 11 is 6.62. The molecule has 2 N–H and O–H groups in total. The van der Waals surface area contributed by atoms with Crippen LogP contribution in [0.15, 0.2) is 0 Å². The Kier molecular flexibility index (Phi) is 2.71. The fraction of sp³-hybridized carbons (Fsp3) is 0.800. The minimum atomic E-state index is -0.802. The highest BCUT2D eigenvalue weighted by Crippen LogP contribution is 2.22. The van der Waals surface area contributed by atoms with E-state index < -0.39 is 12.0 Å². The first-order valence-electron chi connectivity index (χ1n) is 2.87. The first-order valence-corrected chi connectivity index (χ1v) is 4.70. The second-order valence-electron chi connectivity index (χ2n) is 2.18. The van der Waals surface area contributed by atoms with E-state index in [0.717, 1.165) is 0 Å². The van der Waals surface area contributed by atoms with Crippen LogP contribution in [0.25, 0.3) is 0 Å². The molecule has 5 heteroatoms. The number of nitrogens with one attached hydrogen (secondary N) is 1. The van der Waals surface area contributed by atoms with Crippen LogP contribution in [-0.2, 0) is 4.79 Å². The highest BCUT2D eigenvalue weighted by Gasteiger charge is 2.36. The normalized spacial score (nSPS) is 40.0. The zero-order chi connectivity index (χ0) is 7.72. The Morgan fingerprint density at radius 3 is 2.40 bits per heavy atom. The molecule has 3 unspecified atom stereocenters. The summed E-state index contributed by atoms with van der Waals surface area (Å²) in [6.45, 7) is 0.701. The van der Waals surface area contributed by atoms with E-state index >= 15 is 0 Å². The number of rotatable bonds is 1. The number of carboxylic acids is 1. The number of carbonyl (C=O) groups is 1. The number of halogens is 2. The van der Waals surface area contributed by atoms with Gasteiger partial charge in [0.1, 0.15) is 6.04 Å². The van der Waals surface area contributed by atoms with Gasteiger partial charge in [0.2, 0.25) is 0 Å². The summed E-state index contributed by atoms with van der Waals surface area (Å²) in [6.07, 6.45) is 0. The van der Waals surface area contributed by atoms with Gasteiger partial charge in [-0.3, -0.25) is 4.79 Å². The van der Waals surface area contributed by atoms with E-state index in [0.29, 0.717) is 6.54 Å². The van der Waals surface area contributed by atoms with Crippen LogP contribution in [0.2, 0.25) is 0 Å². The summed E-state index contributed by atoms with van der Waals surface area (Å²) in [7, 11) is 0. The van der Waals surface area contributed by atoms with Gasteiger partial charge in [-0.1, -0.05) is 31.9 Å². The lowest BCUT2D eigenvalue weighted by Crippen LogP contribution is -2.36. The third-order valence-electron chi connectivity index (χ3n) is 1.46. The Balaban J connectivity index is 2.57. The van der Waals surface area contributed by atoms with E-state index in [-0.39, 0.29) is 9.65 Å². The van der Waals surface area contributed by atoms with Crippen molar-refractivity contribution in [3.8, 4) is 0 Å². The second-order valence-corrected chi connectivity index (χ2v) is 4.42. The summed E-state index contributed by atoms with van der Waals surface area (Å²) in [5.41, 5.74) is 0. The Labute approximate surface area is 75.4 Å². The molecule has 0 saturated carbocycles. The minimum Gasteiger partial charge on any atom is -0.480 e. The van der Waals surface area contributed by atoms with Crippen molar-refractivity contribution in [3.05, 3.63) is 0 Å². The number of alkyl halides is 2. The summed E-state index contributed by atoms with van der Waals surface area (Å²) in [4.78, 5) is 10.7. The molecule has 1 aliphatic rings. The van der Waals surface area contributed by atoms with Crippen molar-refractivity contribution in [2.75, 3.05) is 6.54 Å². The van der Waals surface area contributed by atoms with E-state index in [1.807, 2.05) is 0 Å². The van der Waals surface area contributed by atoms with Crippen molar-refractivity contribution >= 4 is 37.8 Å². The topological polar surface area (TPSA) is 49.3 Å². The van der Waals surface area contributed by atoms with E-state index in [1.165, 1.54) is 0 Å². The smallest absolute Gasteiger partial charge is 0.321 e. The van der Waals surface area contributed by atoms with Crippen LogP contribution in [0.1, 0.15) is 0 Å². The molecule has 0 amide bonds. The van der Waals surface area contributed by atoms with Gasteiger partial charge in [-0.05, 0) is 0 Å². The molecule has 0 aliphatic carbocycles. The Morgan fingerprint density at radius 1 is 1.60 bits per heavy atom. The van der Waals surface area contributed by atoms with Crippen LogP contribution < -0.4 is 5.32 Å². The van der Waals surface area contributed by atoms with Crippen molar-refractivity contribution in [2.24, 2.45) is 0 Å². The van der Waals surface area contributed by atoms with Gasteiger partial charge in [0.25, 0.3) is 0 Å². The number of carboxylic acid groups (broad SMARTS) is 1. The molecule has 10 heavy (non-hydrogen) atoms. The monoisotopic (exact) mass is 271 g/mol.